The molecular weight excluding hydrogens is 463 g/mol. The second-order valence-corrected chi connectivity index (χ2v) is 8.94. The molecule has 0 radical (unpaired) electrons. The van der Waals surface area contributed by atoms with Crippen molar-refractivity contribution in [2.75, 3.05) is 18.0 Å². The summed E-state index contributed by atoms with van der Waals surface area (Å²) in [5.41, 5.74) is 2.97. The second kappa shape index (κ2) is 9.73. The Balaban J connectivity index is 1.20. The van der Waals surface area contributed by atoms with E-state index < -0.39 is 5.92 Å². The van der Waals surface area contributed by atoms with Crippen LogP contribution in [0.3, 0.4) is 0 Å². The lowest BCUT2D eigenvalue weighted by molar-refractivity contribution is -0.126. The molecule has 2 amide bonds. The van der Waals surface area contributed by atoms with Crippen LogP contribution in [-0.4, -0.2) is 44.2 Å². The van der Waals surface area contributed by atoms with Crippen LogP contribution in [0.25, 0.3) is 11.0 Å². The van der Waals surface area contributed by atoms with Crippen LogP contribution >= 0.6 is 0 Å². The highest BCUT2D eigenvalue weighted by molar-refractivity contribution is 6.00. The highest BCUT2D eigenvalue weighted by Gasteiger charge is 2.35. The van der Waals surface area contributed by atoms with Crippen LogP contribution in [0.4, 0.5) is 10.1 Å². The monoisotopic (exact) mass is 488 g/mol. The number of nitrogens with one attached hydrogen (secondary N) is 1. The number of carbonyl (C=O) groups excluding carboxylic acids is 2. The third-order valence-corrected chi connectivity index (χ3v) is 6.31. The van der Waals surface area contributed by atoms with Crippen molar-refractivity contribution in [2.24, 2.45) is 5.92 Å². The van der Waals surface area contributed by atoms with Gasteiger partial charge in [-0.2, -0.15) is 5.10 Å². The smallest absolute Gasteiger partial charge is 0.264 e. The first-order valence-electron chi connectivity index (χ1n) is 11.7. The molecule has 4 aromatic rings. The van der Waals surface area contributed by atoms with Gasteiger partial charge in [0.15, 0.2) is 5.65 Å². The van der Waals surface area contributed by atoms with Crippen LogP contribution in [-0.2, 0) is 22.7 Å². The molecule has 0 aliphatic carbocycles. The Labute approximate surface area is 206 Å². The van der Waals surface area contributed by atoms with E-state index in [4.69, 9.17) is 0 Å². The van der Waals surface area contributed by atoms with Gasteiger partial charge in [-0.3, -0.25) is 19.0 Å². The Morgan fingerprint density at radius 3 is 2.75 bits per heavy atom. The minimum Gasteiger partial charge on any atom is -0.354 e. The van der Waals surface area contributed by atoms with Gasteiger partial charge >= 0.3 is 0 Å². The summed E-state index contributed by atoms with van der Waals surface area (Å²) in [7, 11) is 0. The average molecular weight is 489 g/mol. The van der Waals surface area contributed by atoms with E-state index in [-0.39, 0.29) is 42.7 Å². The quantitative estimate of drug-likeness (QED) is 0.430. The average Bonchev–Trinajstić information content (AvgIpc) is 3.45. The van der Waals surface area contributed by atoms with Gasteiger partial charge in [0.05, 0.1) is 25.2 Å². The minimum absolute atomic E-state index is 0.0932. The van der Waals surface area contributed by atoms with E-state index in [1.807, 2.05) is 31.2 Å². The number of carbonyl (C=O) groups is 2. The SMILES string of the molecule is Cc1cccc(Cn2cnc3c(cnn3CCNC(=O)C3CC(=O)N(c4ccc(F)cc4)C3)c2=O)c1. The first-order chi connectivity index (χ1) is 17.4. The van der Waals surface area contributed by atoms with Gasteiger partial charge in [0.1, 0.15) is 17.5 Å². The fraction of sp³-hybridized carbons (Fsp3) is 0.269. The summed E-state index contributed by atoms with van der Waals surface area (Å²) in [5.74, 6) is -1.29. The predicted molar refractivity (Wildman–Crippen MR) is 132 cm³/mol. The van der Waals surface area contributed by atoms with Crippen LogP contribution in [0.1, 0.15) is 17.5 Å². The van der Waals surface area contributed by atoms with E-state index in [2.05, 4.69) is 15.4 Å². The van der Waals surface area contributed by atoms with Crippen LogP contribution in [0.15, 0.2) is 65.8 Å². The van der Waals surface area contributed by atoms with Gasteiger partial charge in [0, 0.05) is 25.2 Å². The van der Waals surface area contributed by atoms with E-state index in [9.17, 15) is 18.8 Å². The summed E-state index contributed by atoms with van der Waals surface area (Å²) in [6, 6.07) is 13.6. The number of fused-ring (bicyclic) bond motifs is 1. The molecule has 9 nitrogen and oxygen atoms in total. The van der Waals surface area contributed by atoms with Gasteiger partial charge in [-0.1, -0.05) is 29.8 Å². The van der Waals surface area contributed by atoms with E-state index in [1.54, 1.807) is 9.25 Å². The number of amides is 2. The zero-order valence-corrected chi connectivity index (χ0v) is 19.7. The molecule has 1 aliphatic heterocycles. The van der Waals surface area contributed by atoms with Crippen LogP contribution < -0.4 is 15.8 Å². The molecule has 1 N–H and O–H groups in total. The van der Waals surface area contributed by atoms with Crippen LogP contribution in [0, 0.1) is 18.7 Å². The lowest BCUT2D eigenvalue weighted by atomic mass is 10.1. The van der Waals surface area contributed by atoms with Crippen molar-refractivity contribution in [3.63, 3.8) is 0 Å². The van der Waals surface area contributed by atoms with E-state index in [0.717, 1.165) is 11.1 Å². The zero-order valence-electron chi connectivity index (χ0n) is 19.7. The van der Waals surface area contributed by atoms with Crippen molar-refractivity contribution in [3.8, 4) is 0 Å². The first-order valence-corrected chi connectivity index (χ1v) is 11.7. The largest absolute Gasteiger partial charge is 0.354 e. The number of aryl methyl sites for hydroxylation is 1. The summed E-state index contributed by atoms with van der Waals surface area (Å²) in [4.78, 5) is 43.9. The number of anilines is 1. The Morgan fingerprint density at radius 2 is 1.97 bits per heavy atom. The molecule has 1 fully saturated rings. The highest BCUT2D eigenvalue weighted by Crippen LogP contribution is 2.25. The molecule has 3 heterocycles. The molecule has 10 heteroatoms. The lowest BCUT2D eigenvalue weighted by Crippen LogP contribution is -2.35. The van der Waals surface area contributed by atoms with Gasteiger partial charge in [0.25, 0.3) is 5.56 Å². The Hall–Kier alpha value is -4.34. The Kier molecular flexibility index (Phi) is 6.32. The number of halogens is 1. The molecule has 5 rings (SSSR count). The van der Waals surface area contributed by atoms with E-state index in [0.29, 0.717) is 29.8 Å². The molecule has 1 unspecified atom stereocenters. The van der Waals surface area contributed by atoms with Crippen LogP contribution in [0.2, 0.25) is 0 Å². The Morgan fingerprint density at radius 1 is 1.17 bits per heavy atom. The van der Waals surface area contributed by atoms with Crippen molar-refractivity contribution < 1.29 is 14.0 Å². The summed E-state index contributed by atoms with van der Waals surface area (Å²) in [6.45, 7) is 3.25. The number of hydrogen-bond acceptors (Lipinski definition) is 5. The number of benzene rings is 2. The molecule has 2 aromatic carbocycles. The van der Waals surface area contributed by atoms with Gasteiger partial charge in [-0.25, -0.2) is 14.1 Å². The molecule has 1 atom stereocenters. The summed E-state index contributed by atoms with van der Waals surface area (Å²) in [6.07, 6.45) is 3.10. The molecule has 184 valence electrons. The molecule has 0 saturated carbocycles. The number of rotatable bonds is 7. The highest BCUT2D eigenvalue weighted by atomic mass is 19.1. The first kappa shape index (κ1) is 23.4. The third kappa shape index (κ3) is 4.74. The fourth-order valence-electron chi connectivity index (χ4n) is 4.46. The third-order valence-electron chi connectivity index (χ3n) is 6.31. The topological polar surface area (TPSA) is 102 Å². The van der Waals surface area contributed by atoms with Crippen molar-refractivity contribution in [1.29, 1.82) is 0 Å². The molecule has 1 aliphatic rings. The summed E-state index contributed by atoms with van der Waals surface area (Å²) < 4.78 is 16.3. The molecule has 0 spiro atoms. The Bertz CT molecular complexity index is 1490. The van der Waals surface area contributed by atoms with Gasteiger partial charge in [-0.15, -0.1) is 0 Å². The molecule has 36 heavy (non-hydrogen) atoms. The maximum absolute atomic E-state index is 13.2. The maximum atomic E-state index is 13.2. The zero-order chi connectivity index (χ0) is 25.2. The fourth-order valence-corrected chi connectivity index (χ4v) is 4.46. The number of hydrogen-bond donors (Lipinski definition) is 1. The minimum atomic E-state index is -0.496. The number of aromatic nitrogens is 4. The van der Waals surface area contributed by atoms with Gasteiger partial charge < -0.3 is 10.2 Å². The predicted octanol–water partition coefficient (Wildman–Crippen LogP) is 2.26. The van der Waals surface area contributed by atoms with E-state index >= 15 is 0 Å². The number of nitrogens with zero attached hydrogens (tertiary/aromatic N) is 5. The van der Waals surface area contributed by atoms with Gasteiger partial charge in [0.2, 0.25) is 11.8 Å². The molecule has 0 bridgehead atoms. The molecule has 2 aromatic heterocycles. The standard InChI is InChI=1S/C26H25FN6O3/c1-17-3-2-4-18(11-17)14-31-16-29-24-22(26(31)36)13-30-33(24)10-9-28-25(35)19-12-23(34)32(15-19)21-7-5-20(27)6-8-21/h2-8,11,13,16,19H,9-10,12,14-15H2,1H3,(H,28,35). The summed E-state index contributed by atoms with van der Waals surface area (Å²) >= 11 is 0. The van der Waals surface area contributed by atoms with Gasteiger partial charge in [-0.05, 0) is 36.8 Å². The van der Waals surface area contributed by atoms with Crippen molar-refractivity contribution in [2.45, 2.75) is 26.4 Å². The molecular formula is C26H25FN6O3. The van der Waals surface area contributed by atoms with Crippen molar-refractivity contribution >= 4 is 28.5 Å². The summed E-state index contributed by atoms with van der Waals surface area (Å²) in [5, 5.41) is 7.53. The normalized spacial score (nSPS) is 15.6. The van der Waals surface area contributed by atoms with E-state index in [1.165, 1.54) is 41.7 Å². The molecule has 1 saturated heterocycles. The van der Waals surface area contributed by atoms with Crippen molar-refractivity contribution in [3.05, 3.63) is 88.4 Å². The van der Waals surface area contributed by atoms with Crippen molar-refractivity contribution in [1.82, 2.24) is 24.6 Å². The lowest BCUT2D eigenvalue weighted by Gasteiger charge is -2.16. The maximum Gasteiger partial charge on any atom is 0.264 e. The second-order valence-electron chi connectivity index (χ2n) is 8.94. The van der Waals surface area contributed by atoms with Crippen LogP contribution in [0.5, 0.6) is 0 Å².